The fraction of sp³-hybridized carbons (Fsp3) is 0.538. The molecule has 0 aliphatic heterocycles. The van der Waals surface area contributed by atoms with Crippen LogP contribution in [0.2, 0.25) is 0 Å². The number of rotatable bonds is 8. The highest BCUT2D eigenvalue weighted by Crippen LogP contribution is 2.18. The average molecular weight is 241 g/mol. The van der Waals surface area contributed by atoms with Gasteiger partial charge < -0.3 is 15.2 Å². The Kier molecular flexibility index (Phi) is 6.58. The fourth-order valence-electron chi connectivity index (χ4n) is 1.47. The standard InChI is InChI=1S/C13H20FNO2/c1-2-16-8-3-9-17-13-5-4-11(6-7-15)10-12(13)14/h4-5,10H,2-3,6-9,15H2,1H3. The summed E-state index contributed by atoms with van der Waals surface area (Å²) in [7, 11) is 0. The third kappa shape index (κ3) is 5.15. The van der Waals surface area contributed by atoms with Gasteiger partial charge in [0, 0.05) is 19.6 Å². The van der Waals surface area contributed by atoms with Crippen molar-refractivity contribution in [1.82, 2.24) is 0 Å². The first-order valence-electron chi connectivity index (χ1n) is 5.97. The minimum absolute atomic E-state index is 0.294. The molecule has 4 heteroatoms. The molecule has 1 rings (SSSR count). The lowest BCUT2D eigenvalue weighted by atomic mass is 10.1. The molecule has 0 saturated heterocycles. The largest absolute Gasteiger partial charge is 0.490 e. The number of ether oxygens (including phenoxy) is 2. The molecule has 96 valence electrons. The summed E-state index contributed by atoms with van der Waals surface area (Å²) in [6.07, 6.45) is 1.44. The van der Waals surface area contributed by atoms with Gasteiger partial charge in [0.15, 0.2) is 11.6 Å². The maximum absolute atomic E-state index is 13.6. The van der Waals surface area contributed by atoms with Crippen LogP contribution >= 0.6 is 0 Å². The molecule has 0 saturated carbocycles. The molecular formula is C13H20FNO2. The van der Waals surface area contributed by atoms with Gasteiger partial charge in [-0.3, -0.25) is 0 Å². The van der Waals surface area contributed by atoms with Crippen molar-refractivity contribution < 1.29 is 13.9 Å². The first-order valence-corrected chi connectivity index (χ1v) is 5.97. The molecule has 0 unspecified atom stereocenters. The van der Waals surface area contributed by atoms with E-state index in [1.807, 2.05) is 13.0 Å². The molecule has 3 nitrogen and oxygen atoms in total. The lowest BCUT2D eigenvalue weighted by Crippen LogP contribution is -2.05. The predicted octanol–water partition coefficient (Wildman–Crippen LogP) is 2.13. The molecule has 2 N–H and O–H groups in total. The Hall–Kier alpha value is -1.13. The van der Waals surface area contributed by atoms with Crippen LogP contribution in [0, 0.1) is 5.82 Å². The molecule has 0 spiro atoms. The first kappa shape index (κ1) is 13.9. The summed E-state index contributed by atoms with van der Waals surface area (Å²) in [5.74, 6) is -0.0328. The van der Waals surface area contributed by atoms with Gasteiger partial charge in [-0.25, -0.2) is 4.39 Å². The number of benzene rings is 1. The number of hydrogen-bond acceptors (Lipinski definition) is 3. The van der Waals surface area contributed by atoms with E-state index < -0.39 is 0 Å². The Labute approximate surface area is 102 Å². The Morgan fingerprint density at radius 1 is 1.29 bits per heavy atom. The van der Waals surface area contributed by atoms with Crippen molar-refractivity contribution in [2.75, 3.05) is 26.4 Å². The van der Waals surface area contributed by atoms with E-state index in [9.17, 15) is 4.39 Å². The molecule has 1 aromatic rings. The van der Waals surface area contributed by atoms with E-state index in [1.165, 1.54) is 6.07 Å². The lowest BCUT2D eigenvalue weighted by Gasteiger charge is -2.08. The number of halogens is 1. The molecule has 0 fully saturated rings. The Morgan fingerprint density at radius 2 is 2.12 bits per heavy atom. The number of hydrogen-bond donors (Lipinski definition) is 1. The summed E-state index contributed by atoms with van der Waals surface area (Å²) in [5.41, 5.74) is 6.30. The van der Waals surface area contributed by atoms with E-state index in [4.69, 9.17) is 15.2 Å². The molecule has 0 aliphatic carbocycles. The van der Waals surface area contributed by atoms with Crippen molar-refractivity contribution in [3.63, 3.8) is 0 Å². The summed E-state index contributed by atoms with van der Waals surface area (Å²) in [4.78, 5) is 0. The maximum atomic E-state index is 13.6. The van der Waals surface area contributed by atoms with Crippen LogP contribution in [0.1, 0.15) is 18.9 Å². The van der Waals surface area contributed by atoms with Crippen molar-refractivity contribution >= 4 is 0 Å². The highest BCUT2D eigenvalue weighted by molar-refractivity contribution is 5.29. The molecular weight excluding hydrogens is 221 g/mol. The normalized spacial score (nSPS) is 10.5. The first-order chi connectivity index (χ1) is 8.27. The zero-order valence-electron chi connectivity index (χ0n) is 10.2. The monoisotopic (exact) mass is 241 g/mol. The summed E-state index contributed by atoms with van der Waals surface area (Å²) in [6.45, 7) is 4.27. The smallest absolute Gasteiger partial charge is 0.165 e. The van der Waals surface area contributed by atoms with Crippen molar-refractivity contribution in [1.29, 1.82) is 0 Å². The van der Waals surface area contributed by atoms with E-state index in [0.717, 1.165) is 12.0 Å². The average Bonchev–Trinajstić information content (AvgIpc) is 2.32. The maximum Gasteiger partial charge on any atom is 0.165 e. The van der Waals surface area contributed by atoms with E-state index in [1.54, 1.807) is 6.07 Å². The van der Waals surface area contributed by atoms with Crippen molar-refractivity contribution in [3.05, 3.63) is 29.6 Å². The molecule has 0 aliphatic rings. The van der Waals surface area contributed by atoms with Gasteiger partial charge in [-0.15, -0.1) is 0 Å². The second kappa shape index (κ2) is 8.03. The van der Waals surface area contributed by atoms with Crippen LogP contribution in [0.15, 0.2) is 18.2 Å². The van der Waals surface area contributed by atoms with Gasteiger partial charge in [0.05, 0.1) is 6.61 Å². The summed E-state index contributed by atoms with van der Waals surface area (Å²) < 4.78 is 24.0. The lowest BCUT2D eigenvalue weighted by molar-refractivity contribution is 0.130. The second-order valence-corrected chi connectivity index (χ2v) is 3.70. The van der Waals surface area contributed by atoms with Crippen LogP contribution in [0.3, 0.4) is 0 Å². The fourth-order valence-corrected chi connectivity index (χ4v) is 1.47. The number of nitrogens with two attached hydrogens (primary N) is 1. The molecule has 0 radical (unpaired) electrons. The highest BCUT2D eigenvalue weighted by atomic mass is 19.1. The minimum atomic E-state index is -0.327. The van der Waals surface area contributed by atoms with Crippen molar-refractivity contribution in [2.24, 2.45) is 5.73 Å². The SMILES string of the molecule is CCOCCCOc1ccc(CCN)cc1F. The van der Waals surface area contributed by atoms with Gasteiger partial charge >= 0.3 is 0 Å². The topological polar surface area (TPSA) is 44.5 Å². The van der Waals surface area contributed by atoms with Gasteiger partial charge in [0.2, 0.25) is 0 Å². The minimum Gasteiger partial charge on any atom is -0.490 e. The van der Waals surface area contributed by atoms with Gasteiger partial charge in [-0.05, 0) is 37.6 Å². The molecule has 1 aromatic carbocycles. The molecule has 0 atom stereocenters. The second-order valence-electron chi connectivity index (χ2n) is 3.70. The van der Waals surface area contributed by atoms with Crippen LogP contribution < -0.4 is 10.5 Å². The van der Waals surface area contributed by atoms with Crippen LogP contribution in [0.4, 0.5) is 4.39 Å². The Bertz CT molecular complexity index is 331. The highest BCUT2D eigenvalue weighted by Gasteiger charge is 2.04. The van der Waals surface area contributed by atoms with Crippen LogP contribution in [-0.2, 0) is 11.2 Å². The third-order valence-corrected chi connectivity index (χ3v) is 2.32. The molecule has 0 heterocycles. The molecule has 17 heavy (non-hydrogen) atoms. The van der Waals surface area contributed by atoms with Crippen LogP contribution in [0.5, 0.6) is 5.75 Å². The van der Waals surface area contributed by atoms with Gasteiger partial charge in [-0.1, -0.05) is 6.07 Å². The quantitative estimate of drug-likeness (QED) is 0.709. The van der Waals surface area contributed by atoms with Gasteiger partial charge in [-0.2, -0.15) is 0 Å². The zero-order valence-corrected chi connectivity index (χ0v) is 10.2. The van der Waals surface area contributed by atoms with Crippen molar-refractivity contribution in [2.45, 2.75) is 19.8 Å². The molecule has 0 amide bonds. The van der Waals surface area contributed by atoms with Gasteiger partial charge in [0.25, 0.3) is 0 Å². The summed E-state index contributed by atoms with van der Waals surface area (Å²) in [6, 6.07) is 4.97. The Morgan fingerprint density at radius 3 is 2.76 bits per heavy atom. The molecule has 0 bridgehead atoms. The zero-order chi connectivity index (χ0) is 12.5. The third-order valence-electron chi connectivity index (χ3n) is 2.32. The van der Waals surface area contributed by atoms with E-state index in [0.29, 0.717) is 38.5 Å². The van der Waals surface area contributed by atoms with Crippen LogP contribution in [-0.4, -0.2) is 26.4 Å². The van der Waals surface area contributed by atoms with E-state index in [2.05, 4.69) is 0 Å². The summed E-state index contributed by atoms with van der Waals surface area (Å²) in [5, 5.41) is 0. The van der Waals surface area contributed by atoms with Crippen molar-refractivity contribution in [3.8, 4) is 5.75 Å². The Balaban J connectivity index is 2.38. The van der Waals surface area contributed by atoms with E-state index in [-0.39, 0.29) is 5.82 Å². The van der Waals surface area contributed by atoms with E-state index >= 15 is 0 Å². The van der Waals surface area contributed by atoms with Gasteiger partial charge in [0.1, 0.15) is 0 Å². The predicted molar refractivity (Wildman–Crippen MR) is 65.8 cm³/mol. The summed E-state index contributed by atoms with van der Waals surface area (Å²) >= 11 is 0. The van der Waals surface area contributed by atoms with Crippen LogP contribution in [0.25, 0.3) is 0 Å². The molecule has 0 aromatic heterocycles.